The first-order valence-electron chi connectivity index (χ1n) is 5.85. The third-order valence-electron chi connectivity index (χ3n) is 3.44. The Balaban J connectivity index is 2.57. The molecule has 0 radical (unpaired) electrons. The van der Waals surface area contributed by atoms with Crippen LogP contribution in [0.1, 0.15) is 26.7 Å². The first-order chi connectivity index (χ1) is 7.99. The van der Waals surface area contributed by atoms with E-state index >= 15 is 0 Å². The molecule has 1 saturated carbocycles. The highest BCUT2D eigenvalue weighted by molar-refractivity contribution is 7.99. The smallest absolute Gasteiger partial charge is 0.240 e. The van der Waals surface area contributed by atoms with Gasteiger partial charge in [0.15, 0.2) is 0 Å². The van der Waals surface area contributed by atoms with Crippen LogP contribution in [0.4, 0.5) is 0 Å². The Bertz CT molecular complexity index is 317. The fourth-order valence-electron chi connectivity index (χ4n) is 2.33. The molecule has 4 nitrogen and oxygen atoms in total. The summed E-state index contributed by atoms with van der Waals surface area (Å²) in [6, 6.07) is 2.02. The van der Waals surface area contributed by atoms with Crippen molar-refractivity contribution in [3.8, 4) is 6.07 Å². The number of aliphatic hydroxyl groups is 1. The van der Waals surface area contributed by atoms with E-state index in [4.69, 9.17) is 10.4 Å². The van der Waals surface area contributed by atoms with Crippen molar-refractivity contribution in [2.75, 3.05) is 12.9 Å². The monoisotopic (exact) mass is 256 g/mol. The van der Waals surface area contributed by atoms with E-state index in [9.17, 15) is 4.79 Å². The quantitative estimate of drug-likeness (QED) is 0.774. The number of rotatable bonds is 5. The van der Waals surface area contributed by atoms with Crippen molar-refractivity contribution < 1.29 is 9.90 Å². The molecule has 1 amide bonds. The van der Waals surface area contributed by atoms with Gasteiger partial charge in [-0.25, -0.2) is 0 Å². The minimum absolute atomic E-state index is 0.0211. The van der Waals surface area contributed by atoms with Gasteiger partial charge in [0, 0.05) is 11.3 Å². The summed E-state index contributed by atoms with van der Waals surface area (Å²) in [5.41, 5.74) is -0.827. The molecule has 1 aliphatic rings. The van der Waals surface area contributed by atoms with E-state index < -0.39 is 5.41 Å². The van der Waals surface area contributed by atoms with Crippen molar-refractivity contribution in [3.05, 3.63) is 0 Å². The van der Waals surface area contributed by atoms with Gasteiger partial charge >= 0.3 is 0 Å². The van der Waals surface area contributed by atoms with E-state index in [2.05, 4.69) is 11.4 Å². The lowest BCUT2D eigenvalue weighted by atomic mass is 9.63. The second-order valence-corrected chi connectivity index (χ2v) is 6.00. The number of thioether (sulfide) groups is 1. The zero-order valence-corrected chi connectivity index (χ0v) is 11.4. The molecule has 5 heteroatoms. The molecule has 0 aliphatic heterocycles. The van der Waals surface area contributed by atoms with Crippen molar-refractivity contribution in [2.24, 2.45) is 11.3 Å². The van der Waals surface area contributed by atoms with Gasteiger partial charge in [-0.15, -0.1) is 0 Å². The fraction of sp³-hybridized carbons (Fsp3) is 0.833. The van der Waals surface area contributed by atoms with Crippen molar-refractivity contribution in [1.29, 1.82) is 5.26 Å². The van der Waals surface area contributed by atoms with Gasteiger partial charge in [0.05, 0.1) is 12.7 Å². The van der Waals surface area contributed by atoms with Crippen LogP contribution in [0.25, 0.3) is 0 Å². The fourth-order valence-corrected chi connectivity index (χ4v) is 2.96. The maximum atomic E-state index is 12.0. The standard InChI is InChI=1S/C12H20N2O2S/c1-8-4-12(5-8,7-13)11(16)14-9(2)10(6-15)17-3/h8-10,15H,4-6H2,1-3H3,(H,14,16). The predicted molar refractivity (Wildman–Crippen MR) is 68.4 cm³/mol. The molecule has 17 heavy (non-hydrogen) atoms. The lowest BCUT2D eigenvalue weighted by Gasteiger charge is -2.40. The molecule has 0 saturated heterocycles. The maximum absolute atomic E-state index is 12.0. The summed E-state index contributed by atoms with van der Waals surface area (Å²) in [5, 5.41) is 21.1. The zero-order chi connectivity index (χ0) is 13.1. The Labute approximate surface area is 107 Å². The van der Waals surface area contributed by atoms with Gasteiger partial charge in [0.25, 0.3) is 0 Å². The normalized spacial score (nSPS) is 30.9. The highest BCUT2D eigenvalue weighted by atomic mass is 32.2. The Morgan fingerprint density at radius 2 is 2.29 bits per heavy atom. The third kappa shape index (κ3) is 2.93. The van der Waals surface area contributed by atoms with Crippen molar-refractivity contribution >= 4 is 17.7 Å². The second kappa shape index (κ2) is 5.74. The molecule has 0 bridgehead atoms. The SMILES string of the molecule is CSC(CO)C(C)NC(=O)C1(C#N)CC(C)C1. The van der Waals surface area contributed by atoms with E-state index in [1.165, 1.54) is 11.8 Å². The predicted octanol–water partition coefficient (Wildman–Crippen LogP) is 1.15. The average molecular weight is 256 g/mol. The number of carbonyl (C=O) groups excluding carboxylic acids is 1. The van der Waals surface area contributed by atoms with Crippen molar-refractivity contribution in [3.63, 3.8) is 0 Å². The Morgan fingerprint density at radius 3 is 2.65 bits per heavy atom. The third-order valence-corrected chi connectivity index (χ3v) is 4.60. The number of amides is 1. The van der Waals surface area contributed by atoms with Crippen LogP contribution < -0.4 is 5.32 Å². The minimum Gasteiger partial charge on any atom is -0.395 e. The molecule has 1 aliphatic carbocycles. The largest absolute Gasteiger partial charge is 0.395 e. The lowest BCUT2D eigenvalue weighted by molar-refractivity contribution is -0.134. The average Bonchev–Trinajstić information content (AvgIpc) is 2.25. The van der Waals surface area contributed by atoms with Gasteiger partial charge < -0.3 is 10.4 Å². The Kier molecular flexibility index (Phi) is 4.84. The van der Waals surface area contributed by atoms with Crippen LogP contribution in [0, 0.1) is 22.7 Å². The van der Waals surface area contributed by atoms with Gasteiger partial charge in [-0.05, 0) is 31.9 Å². The highest BCUT2D eigenvalue weighted by Gasteiger charge is 2.49. The van der Waals surface area contributed by atoms with Gasteiger partial charge in [0.1, 0.15) is 5.41 Å². The molecule has 1 rings (SSSR count). The summed E-state index contributed by atoms with van der Waals surface area (Å²) in [6.07, 6.45) is 3.19. The van der Waals surface area contributed by atoms with Gasteiger partial charge in [-0.2, -0.15) is 17.0 Å². The maximum Gasteiger partial charge on any atom is 0.240 e. The molecule has 0 aromatic carbocycles. The van der Waals surface area contributed by atoms with Crippen molar-refractivity contribution in [1.82, 2.24) is 5.32 Å². The first-order valence-corrected chi connectivity index (χ1v) is 7.13. The highest BCUT2D eigenvalue weighted by Crippen LogP contribution is 2.45. The Morgan fingerprint density at radius 1 is 1.71 bits per heavy atom. The molecular weight excluding hydrogens is 236 g/mol. The van der Waals surface area contributed by atoms with Crippen LogP contribution in [0.15, 0.2) is 0 Å². The van der Waals surface area contributed by atoms with Gasteiger partial charge in [0.2, 0.25) is 5.91 Å². The Hall–Kier alpha value is -0.730. The molecule has 2 atom stereocenters. The van der Waals surface area contributed by atoms with Gasteiger partial charge in [-0.1, -0.05) is 6.92 Å². The summed E-state index contributed by atoms with van der Waals surface area (Å²) < 4.78 is 0. The van der Waals surface area contributed by atoms with Gasteiger partial charge in [-0.3, -0.25) is 4.79 Å². The number of aliphatic hydroxyl groups excluding tert-OH is 1. The summed E-state index contributed by atoms with van der Waals surface area (Å²) >= 11 is 1.52. The number of nitrogens with zero attached hydrogens (tertiary/aromatic N) is 1. The van der Waals surface area contributed by atoms with Crippen LogP contribution >= 0.6 is 11.8 Å². The summed E-state index contributed by atoms with van der Waals surface area (Å²) in [4.78, 5) is 12.0. The van der Waals surface area contributed by atoms with E-state index in [1.54, 1.807) is 0 Å². The van der Waals surface area contributed by atoms with E-state index in [0.717, 1.165) is 0 Å². The van der Waals surface area contributed by atoms with Crippen molar-refractivity contribution in [2.45, 2.75) is 38.0 Å². The van der Waals surface area contributed by atoms with Crippen LogP contribution in [0.2, 0.25) is 0 Å². The number of nitriles is 1. The van der Waals surface area contributed by atoms with Crippen LogP contribution in [0.5, 0.6) is 0 Å². The topological polar surface area (TPSA) is 73.1 Å². The van der Waals surface area contributed by atoms with Crippen LogP contribution in [-0.4, -0.2) is 35.2 Å². The van der Waals surface area contributed by atoms with Crippen LogP contribution in [-0.2, 0) is 4.79 Å². The molecule has 0 spiro atoms. The molecule has 2 N–H and O–H groups in total. The first kappa shape index (κ1) is 14.3. The molecule has 0 heterocycles. The minimum atomic E-state index is -0.827. The lowest BCUT2D eigenvalue weighted by Crippen LogP contribution is -2.52. The van der Waals surface area contributed by atoms with E-state index in [0.29, 0.717) is 18.8 Å². The number of hydrogen-bond donors (Lipinski definition) is 2. The zero-order valence-electron chi connectivity index (χ0n) is 10.6. The second-order valence-electron chi connectivity index (χ2n) is 4.93. The number of hydrogen-bond acceptors (Lipinski definition) is 4. The summed E-state index contributed by atoms with van der Waals surface area (Å²) in [5.74, 6) is 0.267. The van der Waals surface area contributed by atoms with E-state index in [-0.39, 0.29) is 23.8 Å². The molecule has 0 aromatic heterocycles. The molecule has 1 fully saturated rings. The summed E-state index contributed by atoms with van der Waals surface area (Å²) in [6.45, 7) is 3.94. The number of carbonyl (C=O) groups is 1. The van der Waals surface area contributed by atoms with E-state index in [1.807, 2.05) is 20.1 Å². The molecular formula is C12H20N2O2S. The molecule has 2 unspecified atom stereocenters. The molecule has 96 valence electrons. The summed E-state index contributed by atoms with van der Waals surface area (Å²) in [7, 11) is 0. The molecule has 0 aromatic rings. The number of nitrogens with one attached hydrogen (secondary N) is 1. The van der Waals surface area contributed by atoms with Crippen LogP contribution in [0.3, 0.4) is 0 Å².